The second-order valence-electron chi connectivity index (χ2n) is 9.66. The van der Waals surface area contributed by atoms with Gasteiger partial charge in [0.05, 0.1) is 29.9 Å². The molecule has 40 heavy (non-hydrogen) atoms. The Morgan fingerprint density at radius 1 is 1.23 bits per heavy atom. The van der Waals surface area contributed by atoms with Crippen LogP contribution < -0.4 is 15.4 Å². The molecule has 0 bridgehead atoms. The van der Waals surface area contributed by atoms with Crippen LogP contribution in [0.2, 0.25) is 5.02 Å². The average Bonchev–Trinajstić information content (AvgIpc) is 2.95. The summed E-state index contributed by atoms with van der Waals surface area (Å²) in [6.45, 7) is 4.07. The molecule has 0 radical (unpaired) electrons. The third kappa shape index (κ3) is 6.67. The number of likely N-dealkylation sites (tertiary alicyclic amines) is 1. The van der Waals surface area contributed by atoms with Crippen LogP contribution in [-0.2, 0) is 14.3 Å². The lowest BCUT2D eigenvalue weighted by Gasteiger charge is -2.39. The van der Waals surface area contributed by atoms with Crippen molar-refractivity contribution >= 4 is 51.6 Å². The number of halogens is 2. The quantitative estimate of drug-likeness (QED) is 0.308. The van der Waals surface area contributed by atoms with E-state index in [0.717, 1.165) is 32.5 Å². The number of piperidine rings is 1. The summed E-state index contributed by atoms with van der Waals surface area (Å²) >= 11 is 5.92. The van der Waals surface area contributed by atoms with Crippen molar-refractivity contribution in [3.05, 3.63) is 59.7 Å². The van der Waals surface area contributed by atoms with Crippen LogP contribution in [0, 0.1) is 5.82 Å². The molecule has 1 amide bonds. The molecule has 2 aliphatic heterocycles. The van der Waals surface area contributed by atoms with Crippen molar-refractivity contribution in [2.24, 2.45) is 0 Å². The van der Waals surface area contributed by atoms with Crippen LogP contribution >= 0.6 is 11.6 Å². The number of carbonyl (C=O) groups is 2. The Balaban J connectivity index is 1.21. The molecule has 2 aromatic carbocycles. The molecule has 0 unspecified atom stereocenters. The molecule has 3 aromatic rings. The van der Waals surface area contributed by atoms with E-state index in [2.05, 4.69) is 30.4 Å². The molecule has 0 atom stereocenters. The molecular weight excluding hydrogens is 539 g/mol. The van der Waals surface area contributed by atoms with Gasteiger partial charge >= 0.3 is 5.97 Å². The number of ether oxygens (including phenoxy) is 2. The first kappa shape index (κ1) is 27.8. The first-order valence-electron chi connectivity index (χ1n) is 13.0. The van der Waals surface area contributed by atoms with Gasteiger partial charge in [0.15, 0.2) is 0 Å². The van der Waals surface area contributed by atoms with Crippen molar-refractivity contribution in [2.75, 3.05) is 57.1 Å². The maximum atomic E-state index is 13.6. The lowest BCUT2D eigenvalue weighted by atomic mass is 10.0. The second-order valence-corrected chi connectivity index (χ2v) is 10.1. The molecule has 2 aliphatic rings. The number of cyclic esters (lactones) is 1. The van der Waals surface area contributed by atoms with Crippen molar-refractivity contribution in [2.45, 2.75) is 18.9 Å². The molecule has 2 saturated heterocycles. The maximum Gasteiger partial charge on any atom is 0.320 e. The molecule has 210 valence electrons. The highest BCUT2D eigenvalue weighted by molar-refractivity contribution is 6.31. The fourth-order valence-electron chi connectivity index (χ4n) is 4.99. The lowest BCUT2D eigenvalue weighted by Crippen LogP contribution is -2.50. The van der Waals surface area contributed by atoms with Crippen molar-refractivity contribution < 1.29 is 23.5 Å². The van der Waals surface area contributed by atoms with E-state index in [-0.39, 0.29) is 16.9 Å². The zero-order valence-corrected chi connectivity index (χ0v) is 22.8. The van der Waals surface area contributed by atoms with E-state index in [1.54, 1.807) is 18.2 Å². The molecule has 2 fully saturated rings. The summed E-state index contributed by atoms with van der Waals surface area (Å²) < 4.78 is 24.1. The van der Waals surface area contributed by atoms with E-state index in [1.165, 1.54) is 31.6 Å². The number of carbonyl (C=O) groups excluding carboxylic acids is 2. The Hall–Kier alpha value is -3.80. The van der Waals surface area contributed by atoms with Gasteiger partial charge in [-0.2, -0.15) is 0 Å². The number of amides is 1. The predicted octanol–water partition coefficient (Wildman–Crippen LogP) is 3.99. The topological polar surface area (TPSA) is 109 Å². The van der Waals surface area contributed by atoms with Gasteiger partial charge < -0.3 is 20.1 Å². The number of nitrogens with one attached hydrogen (secondary N) is 2. The molecule has 0 saturated carbocycles. The first-order valence-corrected chi connectivity index (χ1v) is 13.4. The summed E-state index contributed by atoms with van der Waals surface area (Å²) in [5, 5.41) is 6.63. The Morgan fingerprint density at radius 3 is 2.80 bits per heavy atom. The van der Waals surface area contributed by atoms with Crippen LogP contribution in [0.3, 0.4) is 0 Å². The number of benzene rings is 2. The number of fused-ring (bicyclic) bond motifs is 1. The van der Waals surface area contributed by atoms with Crippen LogP contribution in [0.25, 0.3) is 10.9 Å². The number of hydrogen-bond acceptors (Lipinski definition) is 9. The molecule has 10 nitrogen and oxygen atoms in total. The number of methoxy groups -OCH3 is 1. The van der Waals surface area contributed by atoms with Crippen molar-refractivity contribution in [3.8, 4) is 5.75 Å². The van der Waals surface area contributed by atoms with E-state index in [1.807, 2.05) is 6.08 Å². The zero-order chi connectivity index (χ0) is 28.1. The molecule has 1 aromatic heterocycles. The fourth-order valence-corrected chi connectivity index (χ4v) is 5.17. The van der Waals surface area contributed by atoms with E-state index >= 15 is 0 Å². The lowest BCUT2D eigenvalue weighted by molar-refractivity contribution is -0.152. The number of rotatable bonds is 8. The third-order valence-electron chi connectivity index (χ3n) is 7.08. The van der Waals surface area contributed by atoms with Gasteiger partial charge in [0.1, 0.15) is 30.3 Å². The average molecular weight is 569 g/mol. The Morgan fingerprint density at radius 2 is 2.05 bits per heavy atom. The summed E-state index contributed by atoms with van der Waals surface area (Å²) in [6, 6.07) is 8.12. The van der Waals surface area contributed by atoms with Crippen LogP contribution in [0.4, 0.5) is 21.6 Å². The largest absolute Gasteiger partial charge is 0.494 e. The minimum absolute atomic E-state index is 0.0114. The Kier molecular flexibility index (Phi) is 8.73. The Labute approximate surface area is 236 Å². The van der Waals surface area contributed by atoms with Crippen LogP contribution in [-0.4, -0.2) is 84.1 Å². The first-order chi connectivity index (χ1) is 19.4. The van der Waals surface area contributed by atoms with Crippen molar-refractivity contribution in [3.63, 3.8) is 0 Å². The Bertz CT molecular complexity index is 1430. The summed E-state index contributed by atoms with van der Waals surface area (Å²) in [5.41, 5.74) is 1.61. The third-order valence-corrected chi connectivity index (χ3v) is 7.37. The van der Waals surface area contributed by atoms with Gasteiger partial charge in [-0.1, -0.05) is 17.7 Å². The number of hydrogen-bond donors (Lipinski definition) is 2. The molecule has 5 rings (SSSR count). The highest BCUT2D eigenvalue weighted by Crippen LogP contribution is 2.33. The van der Waals surface area contributed by atoms with Crippen molar-refractivity contribution in [1.82, 2.24) is 19.8 Å². The highest BCUT2D eigenvalue weighted by Gasteiger charge is 2.28. The standard InChI is InChI=1S/C28H30ClFN6O4/c1-39-25-15-23-20(28(32-17-31-23)33-18-4-5-22(30)21(29)13-18)14-24(25)34-26(37)3-2-8-35-9-6-19(7-10-35)36-11-12-40-27(38)16-36/h2-5,13-15,17,19H,6-12,16H2,1H3,(H,34,37)(H,31,32,33)/b3-2+. The smallest absolute Gasteiger partial charge is 0.320 e. The van der Waals surface area contributed by atoms with Gasteiger partial charge in [0, 0.05) is 42.3 Å². The van der Waals surface area contributed by atoms with E-state index in [4.69, 9.17) is 21.1 Å². The summed E-state index contributed by atoms with van der Waals surface area (Å²) in [5.74, 6) is -0.0455. The van der Waals surface area contributed by atoms with Gasteiger partial charge in [0.2, 0.25) is 5.91 Å². The number of aromatic nitrogens is 2. The molecule has 2 N–H and O–H groups in total. The van der Waals surface area contributed by atoms with E-state index < -0.39 is 5.82 Å². The van der Waals surface area contributed by atoms with Gasteiger partial charge in [0.25, 0.3) is 0 Å². The minimum Gasteiger partial charge on any atom is -0.494 e. The second kappa shape index (κ2) is 12.6. The fraction of sp³-hybridized carbons (Fsp3) is 0.357. The van der Waals surface area contributed by atoms with Gasteiger partial charge in [-0.15, -0.1) is 0 Å². The molecule has 3 heterocycles. The van der Waals surface area contributed by atoms with E-state index in [0.29, 0.717) is 59.6 Å². The molecule has 0 aliphatic carbocycles. The monoisotopic (exact) mass is 568 g/mol. The number of nitrogens with zero attached hydrogens (tertiary/aromatic N) is 4. The van der Waals surface area contributed by atoms with Gasteiger partial charge in [-0.05, 0) is 50.2 Å². The number of anilines is 3. The maximum absolute atomic E-state index is 13.6. The summed E-state index contributed by atoms with van der Waals surface area (Å²) in [4.78, 5) is 37.5. The van der Waals surface area contributed by atoms with Gasteiger partial charge in [-0.3, -0.25) is 19.4 Å². The molecule has 12 heteroatoms. The molecular formula is C28H30ClFN6O4. The zero-order valence-electron chi connectivity index (χ0n) is 22.0. The summed E-state index contributed by atoms with van der Waals surface area (Å²) in [6.07, 6.45) is 6.71. The SMILES string of the molecule is COc1cc2ncnc(Nc3ccc(F)c(Cl)c3)c2cc1NC(=O)/C=C/CN1CCC(N2CCOC(=O)C2)CC1. The minimum atomic E-state index is -0.516. The highest BCUT2D eigenvalue weighted by atomic mass is 35.5. The van der Waals surface area contributed by atoms with Gasteiger partial charge in [-0.25, -0.2) is 14.4 Å². The number of esters is 1. The van der Waals surface area contributed by atoms with E-state index in [9.17, 15) is 14.0 Å². The number of morpholine rings is 1. The van der Waals surface area contributed by atoms with Crippen LogP contribution in [0.5, 0.6) is 5.75 Å². The van der Waals surface area contributed by atoms with Crippen LogP contribution in [0.15, 0.2) is 48.8 Å². The molecule has 0 spiro atoms. The van der Waals surface area contributed by atoms with Crippen molar-refractivity contribution in [1.29, 1.82) is 0 Å². The van der Waals surface area contributed by atoms with Crippen LogP contribution in [0.1, 0.15) is 12.8 Å². The normalized spacial score (nSPS) is 17.2. The predicted molar refractivity (Wildman–Crippen MR) is 151 cm³/mol. The summed E-state index contributed by atoms with van der Waals surface area (Å²) in [7, 11) is 1.52.